The van der Waals surface area contributed by atoms with Gasteiger partial charge in [-0.1, -0.05) is 19.9 Å². The molecule has 0 spiro atoms. The lowest BCUT2D eigenvalue weighted by molar-refractivity contribution is -0.137. The number of halogens is 3. The van der Waals surface area contributed by atoms with Gasteiger partial charge in [0.15, 0.2) is 0 Å². The van der Waals surface area contributed by atoms with Crippen molar-refractivity contribution in [2.75, 3.05) is 16.8 Å². The molecule has 0 bridgehead atoms. The number of nitrogens with zero attached hydrogens (tertiary/aromatic N) is 1. The van der Waals surface area contributed by atoms with Crippen LogP contribution in [0, 0.1) is 5.92 Å². The molecule has 4 nitrogen and oxygen atoms in total. The zero-order valence-corrected chi connectivity index (χ0v) is 15.6. The van der Waals surface area contributed by atoms with Crippen molar-refractivity contribution in [3.8, 4) is 0 Å². The molecule has 3 rings (SSSR count). The Balaban J connectivity index is 1.81. The number of fused-ring (bicyclic) bond motifs is 1. The zero-order chi connectivity index (χ0) is 20.5. The maximum atomic E-state index is 12.8. The summed E-state index contributed by atoms with van der Waals surface area (Å²) in [5.74, 6) is -0.228. The highest BCUT2D eigenvalue weighted by atomic mass is 19.4. The van der Waals surface area contributed by atoms with Gasteiger partial charge in [-0.2, -0.15) is 13.2 Å². The minimum Gasteiger partial charge on any atom is -0.322 e. The summed E-state index contributed by atoms with van der Waals surface area (Å²) in [4.78, 5) is 26.3. The zero-order valence-electron chi connectivity index (χ0n) is 15.6. The fourth-order valence-corrected chi connectivity index (χ4v) is 3.24. The molecule has 0 saturated heterocycles. The molecule has 0 unspecified atom stereocenters. The largest absolute Gasteiger partial charge is 0.416 e. The van der Waals surface area contributed by atoms with Crippen LogP contribution in [-0.4, -0.2) is 18.4 Å². The summed E-state index contributed by atoms with van der Waals surface area (Å²) in [6.07, 6.45) is -3.55. The van der Waals surface area contributed by atoms with Gasteiger partial charge >= 0.3 is 6.18 Å². The van der Waals surface area contributed by atoms with Crippen LogP contribution in [0.5, 0.6) is 0 Å². The Morgan fingerprint density at radius 2 is 1.89 bits per heavy atom. The fraction of sp³-hybridized carbons (Fsp3) is 0.333. The normalized spacial score (nSPS) is 14.2. The van der Waals surface area contributed by atoms with Crippen molar-refractivity contribution in [3.05, 3.63) is 59.2 Å². The van der Waals surface area contributed by atoms with Gasteiger partial charge in [0.2, 0.25) is 5.91 Å². The number of aryl methyl sites for hydroxylation is 1. The Kier molecular flexibility index (Phi) is 5.45. The van der Waals surface area contributed by atoms with Crippen molar-refractivity contribution in [1.82, 2.24) is 0 Å². The lowest BCUT2D eigenvalue weighted by atomic mass is 9.99. The van der Waals surface area contributed by atoms with Gasteiger partial charge in [0.1, 0.15) is 0 Å². The van der Waals surface area contributed by atoms with Gasteiger partial charge in [-0.15, -0.1) is 0 Å². The summed E-state index contributed by atoms with van der Waals surface area (Å²) < 4.78 is 38.5. The first-order chi connectivity index (χ1) is 13.1. The number of nitrogens with one attached hydrogen (secondary N) is 1. The van der Waals surface area contributed by atoms with Crippen LogP contribution in [0.4, 0.5) is 24.5 Å². The van der Waals surface area contributed by atoms with Gasteiger partial charge in [-0.25, -0.2) is 0 Å². The minimum absolute atomic E-state index is 0.0656. The second-order valence-corrected chi connectivity index (χ2v) is 7.27. The van der Waals surface area contributed by atoms with Crippen molar-refractivity contribution >= 4 is 23.2 Å². The molecule has 7 heteroatoms. The molecule has 1 aliphatic rings. The summed E-state index contributed by atoms with van der Waals surface area (Å²) >= 11 is 0. The quantitative estimate of drug-likeness (QED) is 0.808. The summed E-state index contributed by atoms with van der Waals surface area (Å²) in [6, 6.07) is 9.52. The summed E-state index contributed by atoms with van der Waals surface area (Å²) in [6.45, 7) is 4.68. The molecule has 0 aromatic heterocycles. The lowest BCUT2D eigenvalue weighted by Gasteiger charge is -2.31. The van der Waals surface area contributed by atoms with E-state index in [0.29, 0.717) is 31.0 Å². The van der Waals surface area contributed by atoms with Crippen molar-refractivity contribution in [3.63, 3.8) is 0 Å². The monoisotopic (exact) mass is 390 g/mol. The van der Waals surface area contributed by atoms with Gasteiger partial charge < -0.3 is 10.2 Å². The highest BCUT2D eigenvalue weighted by Crippen LogP contribution is 2.32. The molecule has 1 N–H and O–H groups in total. The molecular formula is C21H21F3N2O2. The highest BCUT2D eigenvalue weighted by Gasteiger charge is 2.31. The number of alkyl halides is 3. The van der Waals surface area contributed by atoms with Crippen LogP contribution in [0.3, 0.4) is 0 Å². The maximum absolute atomic E-state index is 12.8. The van der Waals surface area contributed by atoms with Crippen molar-refractivity contribution in [1.29, 1.82) is 0 Å². The van der Waals surface area contributed by atoms with Gasteiger partial charge in [0.05, 0.1) is 5.56 Å². The van der Waals surface area contributed by atoms with Crippen LogP contribution in [0.15, 0.2) is 42.5 Å². The molecule has 1 heterocycles. The molecular weight excluding hydrogens is 369 g/mol. The molecule has 0 atom stereocenters. The first-order valence-corrected chi connectivity index (χ1v) is 9.07. The standard InChI is InChI=1S/C21H21F3N2O2/c1-13(2)12-26-18-8-7-17(11-14(18)6-9-19(26)27)25-20(28)15-4-3-5-16(10-15)21(22,23)24/h3-5,7-8,10-11,13H,6,9,12H2,1-2H3,(H,25,28). The van der Waals surface area contributed by atoms with E-state index in [-0.39, 0.29) is 11.5 Å². The van der Waals surface area contributed by atoms with E-state index >= 15 is 0 Å². The second-order valence-electron chi connectivity index (χ2n) is 7.27. The van der Waals surface area contributed by atoms with E-state index in [2.05, 4.69) is 5.32 Å². The van der Waals surface area contributed by atoms with Crippen LogP contribution in [0.1, 0.15) is 41.8 Å². The first-order valence-electron chi connectivity index (χ1n) is 9.07. The summed E-state index contributed by atoms with van der Waals surface area (Å²) in [5, 5.41) is 2.64. The Hall–Kier alpha value is -2.83. The third kappa shape index (κ3) is 4.35. The van der Waals surface area contributed by atoms with Gasteiger partial charge in [0, 0.05) is 29.9 Å². The summed E-state index contributed by atoms with van der Waals surface area (Å²) in [7, 11) is 0. The van der Waals surface area contributed by atoms with E-state index in [0.717, 1.165) is 23.4 Å². The number of carbonyl (C=O) groups excluding carboxylic acids is 2. The van der Waals surface area contributed by atoms with Crippen LogP contribution in [0.25, 0.3) is 0 Å². The Labute approximate surface area is 161 Å². The molecule has 148 valence electrons. The smallest absolute Gasteiger partial charge is 0.322 e. The van der Waals surface area contributed by atoms with Gasteiger partial charge in [0.25, 0.3) is 5.91 Å². The van der Waals surface area contributed by atoms with Crippen LogP contribution in [0.2, 0.25) is 0 Å². The Morgan fingerprint density at radius 1 is 1.14 bits per heavy atom. The van der Waals surface area contributed by atoms with E-state index in [9.17, 15) is 22.8 Å². The molecule has 0 aliphatic carbocycles. The number of rotatable bonds is 4. The van der Waals surface area contributed by atoms with E-state index < -0.39 is 17.6 Å². The van der Waals surface area contributed by atoms with E-state index in [1.807, 2.05) is 13.8 Å². The van der Waals surface area contributed by atoms with Crippen molar-refractivity contribution in [2.45, 2.75) is 32.9 Å². The first kappa shape index (κ1) is 19.9. The molecule has 0 radical (unpaired) electrons. The topological polar surface area (TPSA) is 49.4 Å². The van der Waals surface area contributed by atoms with E-state index in [1.165, 1.54) is 12.1 Å². The highest BCUT2D eigenvalue weighted by molar-refractivity contribution is 6.05. The maximum Gasteiger partial charge on any atom is 0.416 e. The minimum atomic E-state index is -4.51. The Morgan fingerprint density at radius 3 is 2.57 bits per heavy atom. The van der Waals surface area contributed by atoms with Crippen LogP contribution < -0.4 is 10.2 Å². The van der Waals surface area contributed by atoms with Gasteiger partial charge in [-0.3, -0.25) is 9.59 Å². The predicted molar refractivity (Wildman–Crippen MR) is 101 cm³/mol. The average Bonchev–Trinajstić information content (AvgIpc) is 2.63. The number of amides is 2. The second kappa shape index (κ2) is 7.66. The molecule has 28 heavy (non-hydrogen) atoms. The molecule has 2 amide bonds. The van der Waals surface area contributed by atoms with Crippen molar-refractivity contribution in [2.24, 2.45) is 5.92 Å². The molecule has 0 fully saturated rings. The molecule has 2 aromatic carbocycles. The number of anilines is 2. The number of carbonyl (C=O) groups is 2. The molecule has 1 aliphatic heterocycles. The summed E-state index contributed by atoms with van der Waals surface area (Å²) in [5.41, 5.74) is 1.31. The average molecular weight is 390 g/mol. The molecule has 0 saturated carbocycles. The van der Waals surface area contributed by atoms with E-state index in [4.69, 9.17) is 0 Å². The third-order valence-corrected chi connectivity index (χ3v) is 4.54. The van der Waals surface area contributed by atoms with Crippen LogP contribution >= 0.6 is 0 Å². The SMILES string of the molecule is CC(C)CN1C(=O)CCc2cc(NC(=O)c3cccc(C(F)(F)F)c3)ccc21. The van der Waals surface area contributed by atoms with Gasteiger partial charge in [-0.05, 0) is 54.3 Å². The van der Waals surface area contributed by atoms with E-state index in [1.54, 1.807) is 23.1 Å². The van der Waals surface area contributed by atoms with Crippen molar-refractivity contribution < 1.29 is 22.8 Å². The molecule has 2 aromatic rings. The number of hydrogen-bond donors (Lipinski definition) is 1. The number of benzene rings is 2. The Bertz CT molecular complexity index is 907. The van der Waals surface area contributed by atoms with Crippen LogP contribution in [-0.2, 0) is 17.4 Å². The third-order valence-electron chi connectivity index (χ3n) is 4.54. The number of hydrogen-bond acceptors (Lipinski definition) is 2. The lowest BCUT2D eigenvalue weighted by Crippen LogP contribution is -2.37. The fourth-order valence-electron chi connectivity index (χ4n) is 3.24. The predicted octanol–water partition coefficient (Wildman–Crippen LogP) is 4.89.